The summed E-state index contributed by atoms with van der Waals surface area (Å²) < 4.78 is 70.7. The Labute approximate surface area is 113 Å². The van der Waals surface area contributed by atoms with E-state index in [-0.39, 0.29) is 26.2 Å². The summed E-state index contributed by atoms with van der Waals surface area (Å²) in [5, 5.41) is 0. The quantitative estimate of drug-likeness (QED) is 0.322. The van der Waals surface area contributed by atoms with Gasteiger partial charge in [-0.25, -0.2) is 0 Å². The largest absolute Gasteiger partial charge is 4.00 e. The molecule has 0 saturated heterocycles. The SMILES string of the molecule is O=P([O-])([O-])S(=O)(=O)O.O=P([O-])([O-])S(=O)(=O)O.[Zr+4]. The van der Waals surface area contributed by atoms with E-state index in [0.29, 0.717) is 0 Å². The molecule has 0 unspecified atom stereocenters. The van der Waals surface area contributed by atoms with Crippen LogP contribution in [-0.4, -0.2) is 25.9 Å². The predicted octanol–water partition coefficient (Wildman–Crippen LogP) is -4.60. The molecule has 0 aliphatic heterocycles. The van der Waals surface area contributed by atoms with E-state index in [1.165, 1.54) is 0 Å². The van der Waals surface area contributed by atoms with Gasteiger partial charge in [0.25, 0.3) is 19.5 Å². The van der Waals surface area contributed by atoms with E-state index in [4.69, 9.17) is 9.11 Å². The van der Waals surface area contributed by atoms with Crippen LogP contribution in [0.1, 0.15) is 0 Å². The Bertz CT molecular complexity index is 461. The zero-order valence-corrected chi connectivity index (χ0v) is 13.1. The van der Waals surface area contributed by atoms with Crippen molar-refractivity contribution in [3.05, 3.63) is 0 Å². The third-order valence-corrected chi connectivity index (χ3v) is 5.09. The summed E-state index contributed by atoms with van der Waals surface area (Å²) in [6.07, 6.45) is 0. The van der Waals surface area contributed by atoms with Gasteiger partial charge in [0.1, 0.15) is 0 Å². The summed E-state index contributed by atoms with van der Waals surface area (Å²) in [5.41, 5.74) is 0. The van der Waals surface area contributed by atoms with Crippen LogP contribution in [0.15, 0.2) is 0 Å². The maximum absolute atomic E-state index is 9.32. The van der Waals surface area contributed by atoms with E-state index in [0.717, 1.165) is 0 Å². The average Bonchev–Trinajstić information content (AvgIpc) is 1.77. The van der Waals surface area contributed by atoms with Crippen LogP contribution >= 0.6 is 13.6 Å². The third kappa shape index (κ3) is 10.6. The van der Waals surface area contributed by atoms with Crippen LogP contribution in [0.2, 0.25) is 0 Å². The van der Waals surface area contributed by atoms with Crippen molar-refractivity contribution in [1.82, 2.24) is 0 Å². The molecule has 0 amide bonds. The fraction of sp³-hybridized carbons (Fsp3) is 0. The molecule has 0 heterocycles. The van der Waals surface area contributed by atoms with E-state index in [9.17, 15) is 45.5 Å². The normalized spacial score (nSPS) is 13.1. The van der Waals surface area contributed by atoms with Crippen LogP contribution in [0.4, 0.5) is 0 Å². The van der Waals surface area contributed by atoms with E-state index >= 15 is 0 Å². The molecule has 0 fully saturated rings. The summed E-state index contributed by atoms with van der Waals surface area (Å²) in [6, 6.07) is 0. The van der Waals surface area contributed by atoms with Gasteiger partial charge in [-0.1, -0.05) is 0 Å². The topological polar surface area (TPSA) is 235 Å². The average molecular weight is 411 g/mol. The van der Waals surface area contributed by atoms with Gasteiger partial charge in [0, 0.05) is 0 Å². The monoisotopic (exact) mass is 410 g/mol. The molecule has 0 aliphatic carbocycles. The molecule has 12 nitrogen and oxygen atoms in total. The molecule has 0 spiro atoms. The van der Waals surface area contributed by atoms with Crippen LogP contribution in [0, 0.1) is 0 Å². The Morgan fingerprint density at radius 3 is 0.765 bits per heavy atom. The second-order valence-electron chi connectivity index (χ2n) is 1.79. The first-order valence-electron chi connectivity index (χ1n) is 2.49. The van der Waals surface area contributed by atoms with E-state index in [1.54, 1.807) is 0 Å². The van der Waals surface area contributed by atoms with Crippen molar-refractivity contribution in [3.63, 3.8) is 0 Å². The van der Waals surface area contributed by atoms with E-state index in [1.807, 2.05) is 0 Å². The predicted molar refractivity (Wildman–Crippen MR) is 38.3 cm³/mol. The Morgan fingerprint density at radius 1 is 0.706 bits per heavy atom. The zero-order chi connectivity index (χ0) is 14.0. The Morgan fingerprint density at radius 2 is 0.765 bits per heavy atom. The van der Waals surface area contributed by atoms with Crippen molar-refractivity contribution < 1.29 is 80.8 Å². The van der Waals surface area contributed by atoms with Gasteiger partial charge in [0.15, 0.2) is 0 Å². The molecule has 0 aromatic heterocycles. The van der Waals surface area contributed by atoms with Gasteiger partial charge >= 0.3 is 26.2 Å². The molecule has 17 heteroatoms. The van der Waals surface area contributed by atoms with Crippen LogP contribution < -0.4 is 19.6 Å². The van der Waals surface area contributed by atoms with Gasteiger partial charge in [-0.3, -0.25) is 9.11 Å². The summed E-state index contributed by atoms with van der Waals surface area (Å²) in [4.78, 5) is 37.1. The fourth-order valence-electron chi connectivity index (χ4n) is 0. The van der Waals surface area contributed by atoms with Crippen molar-refractivity contribution in [2.45, 2.75) is 0 Å². The summed E-state index contributed by atoms with van der Waals surface area (Å²) in [7, 11) is -10.8. The second-order valence-corrected chi connectivity index (χ2v) is 10.8. The minimum absolute atomic E-state index is 0. The summed E-state index contributed by atoms with van der Waals surface area (Å²) in [6.45, 7) is -11.6. The molecule has 0 rings (SSSR count). The molecule has 0 atom stereocenters. The minimum atomic E-state index is -5.82. The van der Waals surface area contributed by atoms with Gasteiger partial charge in [0.2, 0.25) is 0 Å². The molecule has 0 aliphatic rings. The molecule has 17 heavy (non-hydrogen) atoms. The van der Waals surface area contributed by atoms with Crippen LogP contribution in [0.5, 0.6) is 0 Å². The van der Waals surface area contributed by atoms with Gasteiger partial charge in [-0.15, -0.1) is 0 Å². The molecule has 0 aromatic rings. The summed E-state index contributed by atoms with van der Waals surface area (Å²) in [5.74, 6) is 0. The zero-order valence-electron chi connectivity index (χ0n) is 7.19. The van der Waals surface area contributed by atoms with Crippen molar-refractivity contribution >= 4 is 33.1 Å². The van der Waals surface area contributed by atoms with E-state index < -0.39 is 33.1 Å². The number of rotatable bonds is 2. The molecular weight excluding hydrogens is 409 g/mol. The molecule has 0 radical (unpaired) electrons. The Balaban J connectivity index is -0.000000218. The van der Waals surface area contributed by atoms with Crippen molar-refractivity contribution in [3.8, 4) is 0 Å². The number of hydrogen-bond acceptors (Lipinski definition) is 10. The first-order valence-corrected chi connectivity index (χ1v) is 9.67. The molecule has 2 N–H and O–H groups in total. The number of hydrogen-bond donors (Lipinski definition) is 2. The van der Waals surface area contributed by atoms with Crippen LogP contribution in [-0.2, 0) is 54.8 Å². The molecule has 0 saturated carbocycles. The van der Waals surface area contributed by atoms with Gasteiger partial charge in [0.05, 0.1) is 13.6 Å². The standard InChI is InChI=1S/2H3O6PS.Zr/c2*1-7(2,3)8(4,5)6;/h2*(H2,1,2,3)(H,4,5,6);/q;;+4/p-4. The first kappa shape index (κ1) is 23.1. The molecule has 0 bridgehead atoms. The maximum Gasteiger partial charge on any atom is 4.00 e. The van der Waals surface area contributed by atoms with Crippen LogP contribution in [0.3, 0.4) is 0 Å². The molecule has 100 valence electrons. The van der Waals surface area contributed by atoms with Crippen molar-refractivity contribution in [2.75, 3.05) is 0 Å². The van der Waals surface area contributed by atoms with E-state index in [2.05, 4.69) is 0 Å². The van der Waals surface area contributed by atoms with Crippen molar-refractivity contribution in [2.24, 2.45) is 0 Å². The maximum atomic E-state index is 9.32. The minimum Gasteiger partial charge on any atom is -0.798 e. The Kier molecular flexibility index (Phi) is 9.47. The van der Waals surface area contributed by atoms with Gasteiger partial charge < -0.3 is 28.7 Å². The second kappa shape index (κ2) is 6.97. The van der Waals surface area contributed by atoms with Crippen molar-refractivity contribution in [1.29, 1.82) is 0 Å². The van der Waals surface area contributed by atoms with Gasteiger partial charge in [-0.05, 0) is 0 Å². The summed E-state index contributed by atoms with van der Waals surface area (Å²) >= 11 is 0. The smallest absolute Gasteiger partial charge is 0.798 e. The van der Waals surface area contributed by atoms with Gasteiger partial charge in [-0.2, -0.15) is 16.8 Å². The fourth-order valence-corrected chi connectivity index (χ4v) is 0. The molecule has 0 aromatic carbocycles. The van der Waals surface area contributed by atoms with Crippen LogP contribution in [0.25, 0.3) is 0 Å². The molecular formula is H2O12P2S2Zr. The first-order chi connectivity index (χ1) is 6.50. The Hall–Kier alpha value is 1.00. The third-order valence-electron chi connectivity index (χ3n) is 0.565.